The first kappa shape index (κ1) is 13.2. The Morgan fingerprint density at radius 2 is 1.75 bits per heavy atom. The second-order valence-electron chi connectivity index (χ2n) is 4.84. The van der Waals surface area contributed by atoms with E-state index >= 15 is 0 Å². The van der Waals surface area contributed by atoms with Crippen LogP contribution in [0.1, 0.15) is 38.7 Å². The maximum absolute atomic E-state index is 12.7. The Hall–Kier alpha value is -0.890. The first-order valence-corrected chi connectivity index (χ1v) is 6.05. The molecule has 2 heteroatoms. The van der Waals surface area contributed by atoms with Crippen molar-refractivity contribution in [1.82, 2.24) is 5.32 Å². The smallest absolute Gasteiger partial charge is 0.123 e. The summed E-state index contributed by atoms with van der Waals surface area (Å²) in [5.41, 5.74) is 1.19. The van der Waals surface area contributed by atoms with Gasteiger partial charge in [-0.3, -0.25) is 0 Å². The zero-order valence-electron chi connectivity index (χ0n) is 10.5. The Bertz CT molecular complexity index is 292. The van der Waals surface area contributed by atoms with Crippen molar-refractivity contribution >= 4 is 0 Å². The Morgan fingerprint density at radius 1 is 1.12 bits per heavy atom. The summed E-state index contributed by atoms with van der Waals surface area (Å²) < 4.78 is 12.7. The third-order valence-electron chi connectivity index (χ3n) is 2.79. The molecule has 1 unspecified atom stereocenters. The molecule has 1 atom stereocenters. The zero-order chi connectivity index (χ0) is 12.0. The van der Waals surface area contributed by atoms with Crippen molar-refractivity contribution in [3.05, 3.63) is 35.6 Å². The molecule has 0 spiro atoms. The summed E-state index contributed by atoms with van der Waals surface area (Å²) in [5, 5.41) is 3.44. The molecule has 0 fully saturated rings. The molecular weight excluding hydrogens is 201 g/mol. The number of benzene rings is 1. The minimum absolute atomic E-state index is 0.163. The SMILES string of the molecule is CC(C)CCNCC(C)c1ccc(F)cc1. The Kier molecular flexibility index (Phi) is 5.47. The van der Waals surface area contributed by atoms with E-state index in [1.165, 1.54) is 24.1 Å². The monoisotopic (exact) mass is 223 g/mol. The molecule has 16 heavy (non-hydrogen) atoms. The Morgan fingerprint density at radius 3 is 2.31 bits per heavy atom. The van der Waals surface area contributed by atoms with E-state index < -0.39 is 0 Å². The van der Waals surface area contributed by atoms with Gasteiger partial charge in [-0.2, -0.15) is 0 Å². The summed E-state index contributed by atoms with van der Waals surface area (Å²) in [6, 6.07) is 6.79. The van der Waals surface area contributed by atoms with E-state index in [4.69, 9.17) is 0 Å². The van der Waals surface area contributed by atoms with Gasteiger partial charge in [-0.05, 0) is 42.5 Å². The lowest BCUT2D eigenvalue weighted by Crippen LogP contribution is -2.22. The van der Waals surface area contributed by atoms with Crippen molar-refractivity contribution in [1.29, 1.82) is 0 Å². The minimum Gasteiger partial charge on any atom is -0.316 e. The van der Waals surface area contributed by atoms with E-state index in [-0.39, 0.29) is 5.82 Å². The van der Waals surface area contributed by atoms with Gasteiger partial charge in [0.1, 0.15) is 5.82 Å². The highest BCUT2D eigenvalue weighted by atomic mass is 19.1. The second kappa shape index (κ2) is 6.64. The predicted octanol–water partition coefficient (Wildman–Crippen LogP) is 3.56. The summed E-state index contributed by atoms with van der Waals surface area (Å²) in [7, 11) is 0. The number of halogens is 1. The third kappa shape index (κ3) is 4.75. The lowest BCUT2D eigenvalue weighted by Gasteiger charge is -2.13. The fraction of sp³-hybridized carbons (Fsp3) is 0.571. The van der Waals surface area contributed by atoms with E-state index in [1.54, 1.807) is 0 Å². The van der Waals surface area contributed by atoms with Gasteiger partial charge in [0.05, 0.1) is 0 Å². The average Bonchev–Trinajstić information content (AvgIpc) is 2.25. The third-order valence-corrected chi connectivity index (χ3v) is 2.79. The van der Waals surface area contributed by atoms with Gasteiger partial charge in [-0.15, -0.1) is 0 Å². The van der Waals surface area contributed by atoms with Crippen LogP contribution in [0.25, 0.3) is 0 Å². The van der Waals surface area contributed by atoms with E-state index in [0.717, 1.165) is 19.0 Å². The van der Waals surface area contributed by atoms with Crippen molar-refractivity contribution < 1.29 is 4.39 Å². The fourth-order valence-electron chi connectivity index (χ4n) is 1.62. The molecule has 1 aromatic rings. The van der Waals surface area contributed by atoms with Gasteiger partial charge in [0, 0.05) is 6.54 Å². The van der Waals surface area contributed by atoms with Gasteiger partial charge in [0.2, 0.25) is 0 Å². The molecule has 1 nitrogen and oxygen atoms in total. The van der Waals surface area contributed by atoms with Crippen molar-refractivity contribution in [2.24, 2.45) is 5.92 Å². The molecule has 1 rings (SSSR count). The molecular formula is C14H22FN. The highest BCUT2D eigenvalue weighted by molar-refractivity contribution is 5.20. The quantitative estimate of drug-likeness (QED) is 0.727. The van der Waals surface area contributed by atoms with Crippen LogP contribution in [0.15, 0.2) is 24.3 Å². The molecule has 0 aromatic heterocycles. The minimum atomic E-state index is -0.163. The maximum Gasteiger partial charge on any atom is 0.123 e. The summed E-state index contributed by atoms with van der Waals surface area (Å²) in [5.74, 6) is 1.02. The first-order valence-electron chi connectivity index (χ1n) is 6.05. The van der Waals surface area contributed by atoms with Gasteiger partial charge in [-0.25, -0.2) is 4.39 Å². The molecule has 0 aliphatic carbocycles. The normalized spacial score (nSPS) is 13.1. The molecule has 0 radical (unpaired) electrons. The van der Waals surface area contributed by atoms with Crippen LogP contribution in [0.2, 0.25) is 0 Å². The molecule has 0 aliphatic rings. The molecule has 1 N–H and O–H groups in total. The molecule has 0 amide bonds. The van der Waals surface area contributed by atoms with Crippen LogP contribution in [0, 0.1) is 11.7 Å². The Labute approximate surface area is 98.1 Å². The molecule has 0 saturated carbocycles. The van der Waals surface area contributed by atoms with E-state index in [1.807, 2.05) is 12.1 Å². The first-order chi connectivity index (χ1) is 7.59. The van der Waals surface area contributed by atoms with Gasteiger partial charge in [-0.1, -0.05) is 32.9 Å². The van der Waals surface area contributed by atoms with Crippen LogP contribution in [0.3, 0.4) is 0 Å². The van der Waals surface area contributed by atoms with Gasteiger partial charge in [0.25, 0.3) is 0 Å². The summed E-state index contributed by atoms with van der Waals surface area (Å²) >= 11 is 0. The van der Waals surface area contributed by atoms with Gasteiger partial charge in [0.15, 0.2) is 0 Å². The van der Waals surface area contributed by atoms with Gasteiger partial charge < -0.3 is 5.32 Å². The zero-order valence-corrected chi connectivity index (χ0v) is 10.5. The topological polar surface area (TPSA) is 12.0 Å². The average molecular weight is 223 g/mol. The van der Waals surface area contributed by atoms with E-state index in [2.05, 4.69) is 26.1 Å². The van der Waals surface area contributed by atoms with Crippen LogP contribution >= 0.6 is 0 Å². The van der Waals surface area contributed by atoms with E-state index in [9.17, 15) is 4.39 Å². The molecule has 0 aliphatic heterocycles. The highest BCUT2D eigenvalue weighted by Crippen LogP contribution is 2.14. The van der Waals surface area contributed by atoms with Crippen molar-refractivity contribution in [2.45, 2.75) is 33.1 Å². The highest BCUT2D eigenvalue weighted by Gasteiger charge is 2.04. The molecule has 90 valence electrons. The fourth-order valence-corrected chi connectivity index (χ4v) is 1.62. The summed E-state index contributed by atoms with van der Waals surface area (Å²) in [4.78, 5) is 0. The largest absolute Gasteiger partial charge is 0.316 e. The Balaban J connectivity index is 2.29. The molecule has 0 bridgehead atoms. The second-order valence-corrected chi connectivity index (χ2v) is 4.84. The van der Waals surface area contributed by atoms with Crippen molar-refractivity contribution in [3.63, 3.8) is 0 Å². The maximum atomic E-state index is 12.7. The predicted molar refractivity (Wildman–Crippen MR) is 67.1 cm³/mol. The molecule has 0 heterocycles. The van der Waals surface area contributed by atoms with Crippen LogP contribution in [0.4, 0.5) is 4.39 Å². The summed E-state index contributed by atoms with van der Waals surface area (Å²) in [6.45, 7) is 8.63. The number of nitrogens with one attached hydrogen (secondary N) is 1. The van der Waals surface area contributed by atoms with Crippen LogP contribution in [-0.2, 0) is 0 Å². The standard InChI is InChI=1S/C14H22FN/c1-11(2)8-9-16-10-12(3)13-4-6-14(15)7-5-13/h4-7,11-12,16H,8-10H2,1-3H3. The number of hydrogen-bond donors (Lipinski definition) is 1. The van der Waals surface area contributed by atoms with Crippen LogP contribution < -0.4 is 5.32 Å². The van der Waals surface area contributed by atoms with Gasteiger partial charge >= 0.3 is 0 Å². The number of hydrogen-bond acceptors (Lipinski definition) is 1. The molecule has 0 saturated heterocycles. The lowest BCUT2D eigenvalue weighted by molar-refractivity contribution is 0.522. The van der Waals surface area contributed by atoms with Crippen LogP contribution in [0.5, 0.6) is 0 Å². The summed E-state index contributed by atoms with van der Waals surface area (Å²) in [6.07, 6.45) is 1.20. The van der Waals surface area contributed by atoms with Crippen molar-refractivity contribution in [2.75, 3.05) is 13.1 Å². The van der Waals surface area contributed by atoms with Crippen LogP contribution in [-0.4, -0.2) is 13.1 Å². The van der Waals surface area contributed by atoms with Crippen molar-refractivity contribution in [3.8, 4) is 0 Å². The lowest BCUT2D eigenvalue weighted by atomic mass is 10.0. The molecule has 1 aromatic carbocycles. The number of rotatable bonds is 6. The van der Waals surface area contributed by atoms with E-state index in [0.29, 0.717) is 5.92 Å².